The van der Waals surface area contributed by atoms with Crippen molar-refractivity contribution >= 4 is 17.9 Å². The zero-order valence-corrected chi connectivity index (χ0v) is 8.12. The third kappa shape index (κ3) is 2.54. The van der Waals surface area contributed by atoms with E-state index in [1.807, 2.05) is 18.2 Å². The number of hydrogen-bond acceptors (Lipinski definition) is 2. The van der Waals surface area contributed by atoms with Crippen molar-refractivity contribution in [2.45, 2.75) is 12.5 Å². The van der Waals surface area contributed by atoms with E-state index in [4.69, 9.17) is 16.3 Å². The van der Waals surface area contributed by atoms with Crippen LogP contribution < -0.4 is 0 Å². The van der Waals surface area contributed by atoms with Crippen molar-refractivity contribution in [3.05, 3.63) is 34.9 Å². The lowest BCUT2D eigenvalue weighted by Crippen LogP contribution is -2.02. The van der Waals surface area contributed by atoms with E-state index in [-0.39, 0.29) is 6.10 Å². The van der Waals surface area contributed by atoms with Crippen LogP contribution in [0.1, 0.15) is 18.1 Å². The van der Waals surface area contributed by atoms with Crippen LogP contribution >= 0.6 is 11.6 Å². The number of methoxy groups -OCH3 is 1. The summed E-state index contributed by atoms with van der Waals surface area (Å²) in [7, 11) is 1.57. The number of hydrogen-bond donors (Lipinski definition) is 0. The van der Waals surface area contributed by atoms with E-state index in [0.717, 1.165) is 11.8 Å². The molecule has 13 heavy (non-hydrogen) atoms. The van der Waals surface area contributed by atoms with E-state index in [1.54, 1.807) is 13.2 Å². The number of carbonyl (C=O) groups excluding carboxylic acids is 1. The predicted molar refractivity (Wildman–Crippen MR) is 51.9 cm³/mol. The molecule has 1 unspecified atom stereocenters. The molecule has 0 heterocycles. The van der Waals surface area contributed by atoms with Crippen LogP contribution in [0.2, 0.25) is 5.02 Å². The molecule has 0 saturated carbocycles. The van der Waals surface area contributed by atoms with Gasteiger partial charge in [0.25, 0.3) is 0 Å². The van der Waals surface area contributed by atoms with Crippen molar-refractivity contribution < 1.29 is 9.53 Å². The molecular formula is C10H11ClO2. The highest BCUT2D eigenvalue weighted by Gasteiger charge is 2.12. The first-order chi connectivity index (χ1) is 6.29. The van der Waals surface area contributed by atoms with Crippen molar-refractivity contribution in [3.8, 4) is 0 Å². The molecule has 0 bridgehead atoms. The Morgan fingerprint density at radius 3 is 2.77 bits per heavy atom. The second kappa shape index (κ2) is 5.00. The van der Waals surface area contributed by atoms with Gasteiger partial charge in [0, 0.05) is 18.6 Å². The van der Waals surface area contributed by atoms with Gasteiger partial charge in [-0.3, -0.25) is 0 Å². The maximum Gasteiger partial charge on any atom is 0.122 e. The molecule has 0 radical (unpaired) electrons. The Morgan fingerprint density at radius 1 is 1.54 bits per heavy atom. The van der Waals surface area contributed by atoms with Crippen LogP contribution in [0.4, 0.5) is 0 Å². The molecular weight excluding hydrogens is 188 g/mol. The monoisotopic (exact) mass is 198 g/mol. The lowest BCUT2D eigenvalue weighted by Gasteiger charge is -2.13. The quantitative estimate of drug-likeness (QED) is 0.696. The summed E-state index contributed by atoms with van der Waals surface area (Å²) in [5.74, 6) is 0. The molecule has 1 atom stereocenters. The summed E-state index contributed by atoms with van der Waals surface area (Å²) in [6, 6.07) is 7.37. The van der Waals surface area contributed by atoms with Crippen molar-refractivity contribution in [2.24, 2.45) is 0 Å². The standard InChI is InChI=1S/C10H11ClO2/c1-13-10(6-7-12)8-4-2-3-5-9(8)11/h2-5,7,10H,6H2,1H3. The molecule has 0 amide bonds. The van der Waals surface area contributed by atoms with Crippen molar-refractivity contribution in [2.75, 3.05) is 7.11 Å². The first kappa shape index (κ1) is 10.2. The minimum absolute atomic E-state index is 0.230. The minimum Gasteiger partial charge on any atom is -0.376 e. The van der Waals surface area contributed by atoms with Gasteiger partial charge in [-0.05, 0) is 11.6 Å². The Hall–Kier alpha value is -0.860. The summed E-state index contributed by atoms with van der Waals surface area (Å²) in [6.45, 7) is 0. The average Bonchev–Trinajstić information content (AvgIpc) is 2.16. The highest BCUT2D eigenvalue weighted by molar-refractivity contribution is 6.31. The SMILES string of the molecule is COC(CC=O)c1ccccc1Cl. The number of ether oxygens (including phenoxy) is 1. The summed E-state index contributed by atoms with van der Waals surface area (Å²) in [6.07, 6.45) is 0.934. The first-order valence-electron chi connectivity index (χ1n) is 4.00. The van der Waals surface area contributed by atoms with Crippen LogP contribution in [0.5, 0.6) is 0 Å². The van der Waals surface area contributed by atoms with Gasteiger partial charge < -0.3 is 9.53 Å². The lowest BCUT2D eigenvalue weighted by molar-refractivity contribution is -0.110. The third-order valence-electron chi connectivity index (χ3n) is 1.85. The van der Waals surface area contributed by atoms with Crippen molar-refractivity contribution in [3.63, 3.8) is 0 Å². The van der Waals surface area contributed by atoms with E-state index in [0.29, 0.717) is 11.4 Å². The minimum atomic E-state index is -0.230. The molecule has 0 spiro atoms. The molecule has 1 aromatic carbocycles. The number of rotatable bonds is 4. The Labute approximate surface area is 82.5 Å². The highest BCUT2D eigenvalue weighted by Crippen LogP contribution is 2.26. The van der Waals surface area contributed by atoms with Gasteiger partial charge in [-0.2, -0.15) is 0 Å². The van der Waals surface area contributed by atoms with Crippen LogP contribution in [0.25, 0.3) is 0 Å². The molecule has 0 aliphatic rings. The van der Waals surface area contributed by atoms with Crippen LogP contribution in [0.3, 0.4) is 0 Å². The Morgan fingerprint density at radius 2 is 2.23 bits per heavy atom. The molecule has 0 aliphatic heterocycles. The third-order valence-corrected chi connectivity index (χ3v) is 2.19. The fourth-order valence-corrected chi connectivity index (χ4v) is 1.43. The molecule has 3 heteroatoms. The van der Waals surface area contributed by atoms with Crippen molar-refractivity contribution in [1.29, 1.82) is 0 Å². The van der Waals surface area contributed by atoms with Crippen LogP contribution in [-0.2, 0) is 9.53 Å². The predicted octanol–water partition coefficient (Wildman–Crippen LogP) is 2.62. The first-order valence-corrected chi connectivity index (χ1v) is 4.38. The smallest absolute Gasteiger partial charge is 0.122 e. The van der Waals surface area contributed by atoms with Gasteiger partial charge in [-0.15, -0.1) is 0 Å². The maximum atomic E-state index is 10.3. The van der Waals surface area contributed by atoms with E-state index in [2.05, 4.69) is 0 Å². The highest BCUT2D eigenvalue weighted by atomic mass is 35.5. The zero-order valence-electron chi connectivity index (χ0n) is 7.37. The molecule has 1 rings (SSSR count). The van der Waals surface area contributed by atoms with E-state index < -0.39 is 0 Å². The van der Waals surface area contributed by atoms with Crippen LogP contribution in [0.15, 0.2) is 24.3 Å². The Balaban J connectivity index is 2.90. The van der Waals surface area contributed by atoms with Gasteiger partial charge in [-0.1, -0.05) is 29.8 Å². The number of aldehydes is 1. The fraction of sp³-hybridized carbons (Fsp3) is 0.300. The second-order valence-corrected chi connectivity index (χ2v) is 3.06. The van der Waals surface area contributed by atoms with E-state index in [9.17, 15) is 4.79 Å². The van der Waals surface area contributed by atoms with E-state index in [1.165, 1.54) is 0 Å². The Kier molecular flexibility index (Phi) is 3.93. The van der Waals surface area contributed by atoms with Crippen molar-refractivity contribution in [1.82, 2.24) is 0 Å². The van der Waals surface area contributed by atoms with Gasteiger partial charge in [0.2, 0.25) is 0 Å². The Bertz CT molecular complexity index is 286. The molecule has 0 fully saturated rings. The van der Waals surface area contributed by atoms with Gasteiger partial charge in [0.05, 0.1) is 6.10 Å². The normalized spacial score (nSPS) is 12.5. The molecule has 0 aliphatic carbocycles. The van der Waals surface area contributed by atoms with E-state index >= 15 is 0 Å². The van der Waals surface area contributed by atoms with Gasteiger partial charge in [0.15, 0.2) is 0 Å². The molecule has 70 valence electrons. The lowest BCUT2D eigenvalue weighted by atomic mass is 10.1. The number of halogens is 1. The summed E-state index contributed by atoms with van der Waals surface area (Å²) in [5.41, 5.74) is 0.860. The summed E-state index contributed by atoms with van der Waals surface area (Å²) < 4.78 is 5.14. The fourth-order valence-electron chi connectivity index (χ4n) is 1.17. The summed E-state index contributed by atoms with van der Waals surface area (Å²) >= 11 is 5.94. The maximum absolute atomic E-state index is 10.3. The molecule has 0 saturated heterocycles. The summed E-state index contributed by atoms with van der Waals surface area (Å²) in [4.78, 5) is 10.3. The number of carbonyl (C=O) groups is 1. The van der Waals surface area contributed by atoms with Gasteiger partial charge in [-0.25, -0.2) is 0 Å². The average molecular weight is 199 g/mol. The van der Waals surface area contributed by atoms with Crippen LogP contribution in [-0.4, -0.2) is 13.4 Å². The summed E-state index contributed by atoms with van der Waals surface area (Å²) in [5, 5.41) is 0.635. The molecule has 1 aromatic rings. The molecule has 0 N–H and O–H groups in total. The van der Waals surface area contributed by atoms with Gasteiger partial charge in [0.1, 0.15) is 6.29 Å². The second-order valence-electron chi connectivity index (χ2n) is 2.65. The largest absolute Gasteiger partial charge is 0.376 e. The van der Waals surface area contributed by atoms with Gasteiger partial charge >= 0.3 is 0 Å². The number of benzene rings is 1. The molecule has 2 nitrogen and oxygen atoms in total. The molecule has 0 aromatic heterocycles. The van der Waals surface area contributed by atoms with Crippen LogP contribution in [0, 0.1) is 0 Å². The zero-order chi connectivity index (χ0) is 9.68. The topological polar surface area (TPSA) is 26.3 Å².